The Morgan fingerprint density at radius 1 is 0.826 bits per heavy atom. The third-order valence-corrected chi connectivity index (χ3v) is 13.8. The van der Waals surface area contributed by atoms with Crippen LogP contribution in [0, 0.1) is 5.82 Å². The molecule has 1 saturated heterocycles. The van der Waals surface area contributed by atoms with E-state index in [1.807, 2.05) is 41.2 Å². The predicted molar refractivity (Wildman–Crippen MR) is 182 cm³/mol. The average molecular weight is 637 g/mol. The minimum absolute atomic E-state index is 0.0231. The first kappa shape index (κ1) is 31.7. The van der Waals surface area contributed by atoms with Crippen molar-refractivity contribution >= 4 is 18.7 Å². The molecule has 238 valence electrons. The molecule has 2 heterocycles. The van der Waals surface area contributed by atoms with Crippen molar-refractivity contribution in [1.29, 1.82) is 0 Å². The Morgan fingerprint density at radius 3 is 2.07 bits per heavy atom. The van der Waals surface area contributed by atoms with E-state index in [1.54, 1.807) is 18.2 Å². The third kappa shape index (κ3) is 6.51. The van der Waals surface area contributed by atoms with Gasteiger partial charge in [-0.05, 0) is 70.7 Å². The molecule has 6 nitrogen and oxygen atoms in total. The first-order valence-electron chi connectivity index (χ1n) is 15.8. The molecule has 0 N–H and O–H groups in total. The molecule has 46 heavy (non-hydrogen) atoms. The molecule has 0 spiro atoms. The van der Waals surface area contributed by atoms with Crippen LogP contribution in [0.2, 0.25) is 5.04 Å². The number of hydrogen-bond donors (Lipinski definition) is 0. The molecule has 0 radical (unpaired) electrons. The number of methoxy groups -OCH3 is 1. The topological polar surface area (TPSA) is 54.7 Å². The lowest BCUT2D eigenvalue weighted by atomic mass is 10.1. The lowest BCUT2D eigenvalue weighted by Gasteiger charge is -2.44. The summed E-state index contributed by atoms with van der Waals surface area (Å²) in [6, 6.07) is 35.9. The van der Waals surface area contributed by atoms with Crippen molar-refractivity contribution in [2.45, 2.75) is 50.8 Å². The Hall–Kier alpha value is -4.24. The lowest BCUT2D eigenvalue weighted by molar-refractivity contribution is -0.0377. The number of benzene rings is 4. The van der Waals surface area contributed by atoms with E-state index in [2.05, 4.69) is 81.4 Å². The van der Waals surface area contributed by atoms with Crippen molar-refractivity contribution in [3.63, 3.8) is 0 Å². The van der Waals surface area contributed by atoms with E-state index >= 15 is 0 Å². The van der Waals surface area contributed by atoms with Gasteiger partial charge in [0.2, 0.25) is 5.82 Å². The third-order valence-electron chi connectivity index (χ3n) is 8.76. The van der Waals surface area contributed by atoms with E-state index in [1.165, 1.54) is 17.5 Å². The summed E-state index contributed by atoms with van der Waals surface area (Å²) >= 11 is 0. The zero-order valence-corrected chi connectivity index (χ0v) is 27.9. The second kappa shape index (κ2) is 13.6. The molecule has 5 aromatic rings. The smallest absolute Gasteiger partial charge is 0.261 e. The van der Waals surface area contributed by atoms with E-state index in [-0.39, 0.29) is 28.7 Å². The van der Waals surface area contributed by atoms with Gasteiger partial charge in [-0.25, -0.2) is 0 Å². The maximum absolute atomic E-state index is 14.5. The fourth-order valence-corrected chi connectivity index (χ4v) is 10.9. The number of aromatic nitrogens is 2. The minimum atomic E-state index is -2.61. The van der Waals surface area contributed by atoms with Crippen LogP contribution < -0.4 is 19.8 Å². The summed E-state index contributed by atoms with van der Waals surface area (Å²) in [5.41, 5.74) is 1.81. The molecule has 1 aromatic heterocycles. The zero-order chi connectivity index (χ0) is 32.1. The van der Waals surface area contributed by atoms with Gasteiger partial charge in [-0.2, -0.15) is 9.49 Å². The SMILES string of the molecule is COc1cccc(Oc2ccc(-c3ccn(C4CCC(CO[Si](c5ccccc5)(c5ccccc5)C(C)(C)C)OC4)n3)cc2)c1F. The summed E-state index contributed by atoms with van der Waals surface area (Å²) in [5, 5.41) is 7.35. The van der Waals surface area contributed by atoms with Crippen molar-refractivity contribution < 1.29 is 23.0 Å². The van der Waals surface area contributed by atoms with Gasteiger partial charge in [-0.15, -0.1) is 0 Å². The van der Waals surface area contributed by atoms with E-state index < -0.39 is 14.1 Å². The normalized spacial score (nSPS) is 17.1. The summed E-state index contributed by atoms with van der Waals surface area (Å²) in [5.74, 6) is 0.259. The number of halogens is 1. The lowest BCUT2D eigenvalue weighted by Crippen LogP contribution is -2.67. The van der Waals surface area contributed by atoms with Crippen molar-refractivity contribution in [1.82, 2.24) is 9.78 Å². The van der Waals surface area contributed by atoms with Crippen molar-refractivity contribution in [2.24, 2.45) is 0 Å². The number of rotatable bonds is 10. The summed E-state index contributed by atoms with van der Waals surface area (Å²) in [7, 11) is -1.18. The van der Waals surface area contributed by atoms with E-state index in [0.717, 1.165) is 24.1 Å². The van der Waals surface area contributed by atoms with E-state index in [0.29, 0.717) is 19.0 Å². The van der Waals surface area contributed by atoms with Crippen LogP contribution in [-0.4, -0.2) is 44.5 Å². The molecule has 4 aromatic carbocycles. The quantitative estimate of drug-likeness (QED) is 0.147. The maximum atomic E-state index is 14.5. The van der Waals surface area contributed by atoms with Crippen LogP contribution >= 0.6 is 0 Å². The molecular weight excluding hydrogens is 596 g/mol. The zero-order valence-electron chi connectivity index (χ0n) is 26.9. The van der Waals surface area contributed by atoms with Gasteiger partial charge in [-0.3, -0.25) is 4.68 Å². The molecular formula is C38H41FN2O4Si. The fraction of sp³-hybridized carbons (Fsp3) is 0.289. The molecule has 2 unspecified atom stereocenters. The van der Waals surface area contributed by atoms with Crippen LogP contribution in [-0.2, 0) is 9.16 Å². The Labute approximate surface area is 271 Å². The minimum Gasteiger partial charge on any atom is -0.494 e. The van der Waals surface area contributed by atoms with Crippen molar-refractivity contribution in [2.75, 3.05) is 20.3 Å². The van der Waals surface area contributed by atoms with E-state index in [4.69, 9.17) is 23.7 Å². The first-order chi connectivity index (χ1) is 22.3. The Morgan fingerprint density at radius 2 is 1.48 bits per heavy atom. The molecule has 2 atom stereocenters. The standard InChI is InChI=1S/C38H41FN2O4Si/c1-38(2,3)46(32-12-7-5-8-13-32,33-14-9-6-10-15-33)44-27-31-23-20-29(26-43-31)41-25-24-34(40-41)28-18-21-30(22-19-28)45-36-17-11-16-35(42-4)37(36)39/h5-19,21-22,24-25,29,31H,20,23,26-27H2,1-4H3. The highest BCUT2D eigenvalue weighted by Crippen LogP contribution is 2.38. The molecule has 0 aliphatic carbocycles. The van der Waals surface area contributed by atoms with Gasteiger partial charge in [-0.1, -0.05) is 87.5 Å². The average Bonchev–Trinajstić information content (AvgIpc) is 3.58. The second-order valence-corrected chi connectivity index (χ2v) is 17.0. The Kier molecular flexibility index (Phi) is 9.40. The second-order valence-electron chi connectivity index (χ2n) is 12.7. The van der Waals surface area contributed by atoms with Crippen LogP contribution in [0.1, 0.15) is 39.7 Å². The highest BCUT2D eigenvalue weighted by Gasteiger charge is 2.50. The highest BCUT2D eigenvalue weighted by molar-refractivity contribution is 6.99. The number of ether oxygens (including phenoxy) is 3. The maximum Gasteiger partial charge on any atom is 0.261 e. The molecule has 0 amide bonds. The van der Waals surface area contributed by atoms with Crippen LogP contribution in [0.5, 0.6) is 17.2 Å². The summed E-state index contributed by atoms with van der Waals surface area (Å²) in [6.07, 6.45) is 3.88. The molecule has 1 fully saturated rings. The van der Waals surface area contributed by atoms with Gasteiger partial charge in [0.1, 0.15) is 5.75 Å². The van der Waals surface area contributed by atoms with Gasteiger partial charge >= 0.3 is 0 Å². The molecule has 0 saturated carbocycles. The first-order valence-corrected chi connectivity index (χ1v) is 17.7. The fourth-order valence-electron chi connectivity index (χ4n) is 6.35. The van der Waals surface area contributed by atoms with Gasteiger partial charge in [0.05, 0.1) is 38.2 Å². The van der Waals surface area contributed by atoms with E-state index in [9.17, 15) is 4.39 Å². The van der Waals surface area contributed by atoms with Crippen LogP contribution in [0.15, 0.2) is 115 Å². The largest absolute Gasteiger partial charge is 0.494 e. The monoisotopic (exact) mass is 636 g/mol. The van der Waals surface area contributed by atoms with Crippen molar-refractivity contribution in [3.8, 4) is 28.5 Å². The van der Waals surface area contributed by atoms with Crippen molar-refractivity contribution in [3.05, 3.63) is 121 Å². The van der Waals surface area contributed by atoms with Crippen LogP contribution in [0.4, 0.5) is 4.39 Å². The summed E-state index contributed by atoms with van der Waals surface area (Å²) in [4.78, 5) is 0. The van der Waals surface area contributed by atoms with Gasteiger partial charge in [0.25, 0.3) is 8.32 Å². The molecule has 6 rings (SSSR count). The highest BCUT2D eigenvalue weighted by atomic mass is 28.4. The van der Waals surface area contributed by atoms with Gasteiger partial charge in [0, 0.05) is 11.8 Å². The van der Waals surface area contributed by atoms with Gasteiger partial charge in [0.15, 0.2) is 11.5 Å². The molecule has 8 heteroatoms. The predicted octanol–water partition coefficient (Wildman–Crippen LogP) is 7.79. The molecule has 0 bridgehead atoms. The Bertz CT molecular complexity index is 1670. The molecule has 1 aliphatic rings. The summed E-state index contributed by atoms with van der Waals surface area (Å²) < 4.78 is 40.9. The molecule has 1 aliphatic heterocycles. The van der Waals surface area contributed by atoms with Crippen LogP contribution in [0.3, 0.4) is 0 Å². The van der Waals surface area contributed by atoms with Crippen LogP contribution in [0.25, 0.3) is 11.3 Å². The summed E-state index contributed by atoms with van der Waals surface area (Å²) in [6.45, 7) is 8.03. The number of nitrogens with zero attached hydrogens (tertiary/aromatic N) is 2. The van der Waals surface area contributed by atoms with Gasteiger partial charge < -0.3 is 18.6 Å². The number of hydrogen-bond acceptors (Lipinski definition) is 5. The Balaban J connectivity index is 1.09.